The van der Waals surface area contributed by atoms with E-state index in [1.54, 1.807) is 5.56 Å². The molecule has 0 aromatic heterocycles. The lowest BCUT2D eigenvalue weighted by molar-refractivity contribution is 0.324. The van der Waals surface area contributed by atoms with Crippen molar-refractivity contribution in [1.29, 1.82) is 0 Å². The van der Waals surface area contributed by atoms with Crippen molar-refractivity contribution >= 4 is 16.1 Å². The molecule has 0 spiro atoms. The fraction of sp³-hybridized carbons (Fsp3) is 0.667. The Hall–Kier alpha value is -0.346. The number of hydrogen-bond acceptors (Lipinski definition) is 0. The average molecular weight is 307 g/mol. The standard InChI is InChI=1S/C18H34Si2/c1-18(2,3)16(15-13-11-10-12-14-15)17(19(4,5)6)20(7,8)9/h10-14,16-17H,1-9H3. The first-order valence-corrected chi connectivity index (χ1v) is 15.1. The van der Waals surface area contributed by atoms with Crippen molar-refractivity contribution in [2.45, 2.75) is 71.1 Å². The van der Waals surface area contributed by atoms with E-state index in [0.717, 1.165) is 5.16 Å². The molecule has 0 aliphatic rings. The summed E-state index contributed by atoms with van der Waals surface area (Å²) in [5.41, 5.74) is 1.88. The van der Waals surface area contributed by atoms with Crippen LogP contribution in [0.5, 0.6) is 0 Å². The predicted octanol–water partition coefficient (Wildman–Crippen LogP) is 6.40. The van der Waals surface area contributed by atoms with Crippen LogP contribution in [0.3, 0.4) is 0 Å². The summed E-state index contributed by atoms with van der Waals surface area (Å²) in [6.07, 6.45) is 0. The fourth-order valence-electron chi connectivity index (χ4n) is 4.15. The Kier molecular flexibility index (Phi) is 5.14. The monoisotopic (exact) mass is 306 g/mol. The molecule has 1 atom stereocenters. The minimum Gasteiger partial charge on any atom is -0.0695 e. The van der Waals surface area contributed by atoms with Crippen molar-refractivity contribution in [1.82, 2.24) is 0 Å². The molecule has 0 radical (unpaired) electrons. The topological polar surface area (TPSA) is 0 Å². The second-order valence-corrected chi connectivity index (χ2v) is 20.7. The number of benzene rings is 1. The van der Waals surface area contributed by atoms with E-state index in [9.17, 15) is 0 Å². The van der Waals surface area contributed by atoms with Crippen molar-refractivity contribution in [3.63, 3.8) is 0 Å². The van der Waals surface area contributed by atoms with Crippen LogP contribution in [0.2, 0.25) is 44.4 Å². The molecular weight excluding hydrogens is 272 g/mol. The second kappa shape index (κ2) is 5.80. The Balaban J connectivity index is 3.43. The molecule has 1 rings (SSSR count). The Morgan fingerprint density at radius 1 is 0.750 bits per heavy atom. The van der Waals surface area contributed by atoms with Crippen molar-refractivity contribution in [3.05, 3.63) is 35.9 Å². The highest BCUT2D eigenvalue weighted by Gasteiger charge is 2.46. The van der Waals surface area contributed by atoms with E-state index in [4.69, 9.17) is 0 Å². The van der Waals surface area contributed by atoms with Crippen LogP contribution in [0, 0.1) is 5.41 Å². The van der Waals surface area contributed by atoms with Gasteiger partial charge in [0.05, 0.1) is 0 Å². The maximum absolute atomic E-state index is 2.57. The van der Waals surface area contributed by atoms with Gasteiger partial charge in [-0.05, 0) is 22.1 Å². The molecule has 0 aliphatic carbocycles. The van der Waals surface area contributed by atoms with Crippen LogP contribution in [-0.4, -0.2) is 16.1 Å². The smallest absolute Gasteiger partial charge is 0.0453 e. The SMILES string of the molecule is CC(C)(C)C(c1ccccc1)C([Si](C)(C)C)[Si](C)(C)C. The molecule has 0 saturated heterocycles. The van der Waals surface area contributed by atoms with Gasteiger partial charge in [-0.15, -0.1) is 0 Å². The quantitative estimate of drug-likeness (QED) is 0.564. The highest BCUT2D eigenvalue weighted by atomic mass is 28.4. The summed E-state index contributed by atoms with van der Waals surface area (Å²) in [6.45, 7) is 22.7. The summed E-state index contributed by atoms with van der Waals surface area (Å²) in [7, 11) is -2.43. The third-order valence-electron chi connectivity index (χ3n) is 4.29. The Morgan fingerprint density at radius 3 is 1.45 bits per heavy atom. The lowest BCUT2D eigenvalue weighted by atomic mass is 9.77. The molecule has 0 aliphatic heterocycles. The Bertz CT molecular complexity index is 401. The maximum Gasteiger partial charge on any atom is 0.0453 e. The minimum atomic E-state index is -1.22. The first-order valence-electron chi connectivity index (χ1n) is 7.90. The molecule has 1 aromatic carbocycles. The molecule has 2 heteroatoms. The highest BCUT2D eigenvalue weighted by Crippen LogP contribution is 2.51. The van der Waals surface area contributed by atoms with E-state index in [2.05, 4.69) is 90.4 Å². The van der Waals surface area contributed by atoms with Gasteiger partial charge in [-0.3, -0.25) is 0 Å². The van der Waals surface area contributed by atoms with Gasteiger partial charge in [-0.1, -0.05) is 90.4 Å². The van der Waals surface area contributed by atoms with Gasteiger partial charge in [0.2, 0.25) is 0 Å². The number of rotatable bonds is 4. The molecule has 1 aromatic rings. The van der Waals surface area contributed by atoms with Crippen LogP contribution in [0.15, 0.2) is 30.3 Å². The van der Waals surface area contributed by atoms with E-state index < -0.39 is 16.1 Å². The molecule has 1 unspecified atom stereocenters. The Labute approximate surface area is 129 Å². The first kappa shape index (κ1) is 17.7. The van der Waals surface area contributed by atoms with Crippen LogP contribution >= 0.6 is 0 Å². The maximum atomic E-state index is 2.57. The van der Waals surface area contributed by atoms with Crippen molar-refractivity contribution in [3.8, 4) is 0 Å². The average Bonchev–Trinajstić information content (AvgIpc) is 2.21. The van der Waals surface area contributed by atoms with Crippen LogP contribution in [0.25, 0.3) is 0 Å². The van der Waals surface area contributed by atoms with Crippen LogP contribution in [0.1, 0.15) is 32.3 Å². The lowest BCUT2D eigenvalue weighted by Crippen LogP contribution is -2.49. The molecule has 0 N–H and O–H groups in total. The minimum absolute atomic E-state index is 0.326. The van der Waals surface area contributed by atoms with E-state index in [1.807, 2.05) is 0 Å². The Morgan fingerprint density at radius 2 is 1.15 bits per heavy atom. The van der Waals surface area contributed by atoms with Gasteiger partial charge in [0, 0.05) is 16.1 Å². The van der Waals surface area contributed by atoms with Gasteiger partial charge in [-0.2, -0.15) is 0 Å². The summed E-state index contributed by atoms with van der Waals surface area (Å²) in [6, 6.07) is 11.3. The summed E-state index contributed by atoms with van der Waals surface area (Å²) in [5.74, 6) is 0.682. The molecule has 20 heavy (non-hydrogen) atoms. The van der Waals surface area contributed by atoms with Gasteiger partial charge in [-0.25, -0.2) is 0 Å². The summed E-state index contributed by atoms with van der Waals surface area (Å²) < 4.78 is 0. The first-order chi connectivity index (χ1) is 8.85. The van der Waals surface area contributed by atoms with Gasteiger partial charge in [0.15, 0.2) is 0 Å². The van der Waals surface area contributed by atoms with Crippen LogP contribution in [0.4, 0.5) is 0 Å². The third kappa shape index (κ3) is 4.32. The molecule has 0 heterocycles. The molecule has 0 nitrogen and oxygen atoms in total. The summed E-state index contributed by atoms with van der Waals surface area (Å²) in [5, 5.41) is 0.900. The fourth-order valence-corrected chi connectivity index (χ4v) is 17.9. The van der Waals surface area contributed by atoms with Crippen molar-refractivity contribution < 1.29 is 0 Å². The van der Waals surface area contributed by atoms with Crippen LogP contribution in [-0.2, 0) is 0 Å². The summed E-state index contributed by atoms with van der Waals surface area (Å²) in [4.78, 5) is 0. The predicted molar refractivity (Wildman–Crippen MR) is 99.1 cm³/mol. The van der Waals surface area contributed by atoms with Crippen molar-refractivity contribution in [2.75, 3.05) is 0 Å². The summed E-state index contributed by atoms with van der Waals surface area (Å²) >= 11 is 0. The highest BCUT2D eigenvalue weighted by molar-refractivity contribution is 6.96. The second-order valence-electron chi connectivity index (χ2n) is 9.46. The van der Waals surface area contributed by atoms with Gasteiger partial charge in [0.1, 0.15) is 0 Å². The molecule has 0 bridgehead atoms. The molecule has 114 valence electrons. The van der Waals surface area contributed by atoms with Gasteiger partial charge in [0.25, 0.3) is 0 Å². The molecule has 0 saturated carbocycles. The van der Waals surface area contributed by atoms with E-state index in [-0.39, 0.29) is 0 Å². The van der Waals surface area contributed by atoms with E-state index in [1.165, 1.54) is 0 Å². The number of hydrogen-bond donors (Lipinski definition) is 0. The zero-order chi connectivity index (χ0) is 15.8. The van der Waals surface area contributed by atoms with E-state index in [0.29, 0.717) is 11.3 Å². The zero-order valence-corrected chi connectivity index (χ0v) is 17.0. The lowest BCUT2D eigenvalue weighted by Gasteiger charge is -2.49. The third-order valence-corrected chi connectivity index (χ3v) is 13.9. The molecular formula is C18H34Si2. The van der Waals surface area contributed by atoms with Crippen molar-refractivity contribution in [2.24, 2.45) is 5.41 Å². The zero-order valence-electron chi connectivity index (χ0n) is 15.0. The van der Waals surface area contributed by atoms with Gasteiger partial charge < -0.3 is 0 Å². The molecule has 0 fully saturated rings. The van der Waals surface area contributed by atoms with Crippen LogP contribution < -0.4 is 0 Å². The van der Waals surface area contributed by atoms with Gasteiger partial charge >= 0.3 is 0 Å². The van der Waals surface area contributed by atoms with E-state index >= 15 is 0 Å². The normalized spacial score (nSPS) is 15.5. The molecule has 0 amide bonds. The largest absolute Gasteiger partial charge is 0.0695 e.